The number of hydrogen-bond acceptors (Lipinski definition) is 4. The summed E-state index contributed by atoms with van der Waals surface area (Å²) in [6, 6.07) is 2.61. The molecule has 0 spiro atoms. The predicted octanol–water partition coefficient (Wildman–Crippen LogP) is 1.71. The number of benzene rings is 1. The maximum atomic E-state index is 12.8. The highest BCUT2D eigenvalue weighted by Crippen LogP contribution is 2.36. The van der Waals surface area contributed by atoms with E-state index < -0.39 is 45.4 Å². The van der Waals surface area contributed by atoms with E-state index >= 15 is 0 Å². The number of halogens is 4. The summed E-state index contributed by atoms with van der Waals surface area (Å²) in [6.45, 7) is 0. The Bertz CT molecular complexity index is 979. The molecule has 0 aliphatic rings. The molecule has 1 aromatic carbocycles. The Labute approximate surface area is 142 Å². The number of anilines is 1. The summed E-state index contributed by atoms with van der Waals surface area (Å²) in [7, 11) is 2.21. The number of nitrogens with zero attached hydrogens (tertiary/aromatic N) is 2. The van der Waals surface area contributed by atoms with Gasteiger partial charge < -0.3 is 10.4 Å². The summed E-state index contributed by atoms with van der Waals surface area (Å²) in [4.78, 5) is 35.8. The van der Waals surface area contributed by atoms with Gasteiger partial charge in [0.25, 0.3) is 11.5 Å². The average Bonchev–Trinajstić information content (AvgIpc) is 2.52. The van der Waals surface area contributed by atoms with Crippen molar-refractivity contribution < 1.29 is 23.1 Å². The molecule has 0 aliphatic heterocycles. The molecule has 0 saturated carbocycles. The van der Waals surface area contributed by atoms with Crippen molar-refractivity contribution in [2.24, 2.45) is 14.1 Å². The fourth-order valence-electron chi connectivity index (χ4n) is 2.05. The van der Waals surface area contributed by atoms with Crippen molar-refractivity contribution in [3.63, 3.8) is 0 Å². The van der Waals surface area contributed by atoms with Crippen molar-refractivity contribution >= 4 is 23.2 Å². The number of alkyl halides is 3. The van der Waals surface area contributed by atoms with Crippen LogP contribution in [0.3, 0.4) is 0 Å². The summed E-state index contributed by atoms with van der Waals surface area (Å²) >= 11 is 5.48. The Hall–Kier alpha value is -2.75. The lowest BCUT2D eigenvalue weighted by Gasteiger charge is -2.13. The fourth-order valence-corrected chi connectivity index (χ4v) is 2.27. The molecule has 0 bridgehead atoms. The smallest absolute Gasteiger partial charge is 0.417 e. The molecule has 2 N–H and O–H groups in total. The summed E-state index contributed by atoms with van der Waals surface area (Å²) in [5.74, 6) is -2.08. The Kier molecular flexibility index (Phi) is 4.67. The van der Waals surface area contributed by atoms with Crippen molar-refractivity contribution in [2.75, 3.05) is 5.32 Å². The number of carbonyl (C=O) groups is 1. The van der Waals surface area contributed by atoms with E-state index in [2.05, 4.69) is 5.32 Å². The van der Waals surface area contributed by atoms with E-state index in [0.29, 0.717) is 15.2 Å². The Morgan fingerprint density at radius 2 is 1.80 bits per heavy atom. The number of amides is 1. The van der Waals surface area contributed by atoms with Gasteiger partial charge in [0.1, 0.15) is 0 Å². The topological polar surface area (TPSA) is 93.3 Å². The number of nitrogens with one attached hydrogen (secondary N) is 1. The largest absolute Gasteiger partial charge is 0.494 e. The third-order valence-corrected chi connectivity index (χ3v) is 3.72. The molecular weight excluding hydrogens is 367 g/mol. The molecule has 2 rings (SSSR count). The number of carbonyl (C=O) groups excluding carboxylic acids is 1. The van der Waals surface area contributed by atoms with Crippen LogP contribution in [0.5, 0.6) is 5.88 Å². The summed E-state index contributed by atoms with van der Waals surface area (Å²) in [5, 5.41) is 11.4. The number of hydrogen-bond donors (Lipinski definition) is 2. The zero-order chi connectivity index (χ0) is 19.1. The lowest BCUT2D eigenvalue weighted by molar-refractivity contribution is -0.137. The van der Waals surface area contributed by atoms with Gasteiger partial charge in [-0.2, -0.15) is 13.2 Å². The van der Waals surface area contributed by atoms with Gasteiger partial charge >= 0.3 is 11.9 Å². The maximum Gasteiger partial charge on any atom is 0.417 e. The van der Waals surface area contributed by atoms with Crippen LogP contribution in [0.1, 0.15) is 15.9 Å². The van der Waals surface area contributed by atoms with E-state index in [4.69, 9.17) is 11.6 Å². The molecule has 0 unspecified atom stereocenters. The van der Waals surface area contributed by atoms with Gasteiger partial charge in [0.05, 0.1) is 10.6 Å². The maximum absolute atomic E-state index is 12.8. The molecule has 1 aromatic heterocycles. The Morgan fingerprint density at radius 3 is 2.36 bits per heavy atom. The van der Waals surface area contributed by atoms with Gasteiger partial charge in [-0.1, -0.05) is 11.6 Å². The minimum atomic E-state index is -4.74. The van der Waals surface area contributed by atoms with E-state index in [1.807, 2.05) is 0 Å². The van der Waals surface area contributed by atoms with Gasteiger partial charge in [-0.15, -0.1) is 0 Å². The first kappa shape index (κ1) is 18.6. The second-order valence-corrected chi connectivity index (χ2v) is 5.46. The molecule has 11 heteroatoms. The first-order valence-electron chi connectivity index (χ1n) is 6.62. The van der Waals surface area contributed by atoms with Crippen LogP contribution < -0.4 is 16.6 Å². The minimum absolute atomic E-state index is 0.294. The first-order chi connectivity index (χ1) is 11.4. The van der Waals surface area contributed by atoms with Crippen LogP contribution >= 0.6 is 11.6 Å². The lowest BCUT2D eigenvalue weighted by Crippen LogP contribution is -2.40. The zero-order valence-corrected chi connectivity index (χ0v) is 13.6. The van der Waals surface area contributed by atoms with Gasteiger partial charge in [0.2, 0.25) is 5.88 Å². The quantitative estimate of drug-likeness (QED) is 0.833. The van der Waals surface area contributed by atoms with Crippen molar-refractivity contribution in [1.29, 1.82) is 0 Å². The summed E-state index contributed by atoms with van der Waals surface area (Å²) in [6.07, 6.45) is -4.74. The van der Waals surface area contributed by atoms with E-state index in [1.165, 1.54) is 0 Å². The van der Waals surface area contributed by atoms with Gasteiger partial charge in [-0.25, -0.2) is 4.79 Å². The van der Waals surface area contributed by atoms with Gasteiger partial charge in [0, 0.05) is 19.8 Å². The van der Waals surface area contributed by atoms with E-state index in [-0.39, 0.29) is 5.69 Å². The SMILES string of the molecule is Cn1c(O)c(C(=O)Nc2ccc(Cl)c(C(F)(F)F)c2)c(=O)n(C)c1=O. The average molecular weight is 378 g/mol. The molecule has 0 atom stereocenters. The predicted molar refractivity (Wildman–Crippen MR) is 83.0 cm³/mol. The molecular formula is C14H11ClF3N3O4. The molecule has 1 amide bonds. The minimum Gasteiger partial charge on any atom is -0.494 e. The molecule has 25 heavy (non-hydrogen) atoms. The molecule has 134 valence electrons. The van der Waals surface area contributed by atoms with Crippen LogP contribution in [0.4, 0.5) is 18.9 Å². The lowest BCUT2D eigenvalue weighted by atomic mass is 10.2. The van der Waals surface area contributed by atoms with Crippen molar-refractivity contribution in [1.82, 2.24) is 9.13 Å². The molecule has 0 saturated heterocycles. The van der Waals surface area contributed by atoms with Crippen LogP contribution in [-0.4, -0.2) is 20.1 Å². The van der Waals surface area contributed by atoms with Crippen LogP contribution in [-0.2, 0) is 20.3 Å². The summed E-state index contributed by atoms with van der Waals surface area (Å²) in [5.41, 5.74) is -4.22. The van der Waals surface area contributed by atoms with E-state index in [1.54, 1.807) is 0 Å². The molecule has 0 aliphatic carbocycles. The number of aromatic nitrogens is 2. The molecule has 0 fully saturated rings. The standard InChI is InChI=1S/C14H11ClF3N3O4/c1-20-11(23)9(12(24)21(2)13(20)25)10(22)19-6-3-4-8(15)7(5-6)14(16,17)18/h3-5,23H,1-2H3,(H,19,22). The van der Waals surface area contributed by atoms with Crippen LogP contribution in [0.2, 0.25) is 5.02 Å². The van der Waals surface area contributed by atoms with Gasteiger partial charge in [-0.3, -0.25) is 18.7 Å². The highest BCUT2D eigenvalue weighted by Gasteiger charge is 2.33. The molecule has 2 aromatic rings. The second kappa shape index (κ2) is 6.28. The normalized spacial score (nSPS) is 11.4. The zero-order valence-electron chi connectivity index (χ0n) is 12.8. The third kappa shape index (κ3) is 3.38. The molecule has 7 nitrogen and oxygen atoms in total. The summed E-state index contributed by atoms with van der Waals surface area (Å²) < 4.78 is 39.8. The van der Waals surface area contributed by atoms with Gasteiger partial charge in [-0.05, 0) is 18.2 Å². The van der Waals surface area contributed by atoms with Gasteiger partial charge in [0.15, 0.2) is 5.56 Å². The number of aromatic hydroxyl groups is 1. The number of rotatable bonds is 2. The van der Waals surface area contributed by atoms with Crippen molar-refractivity contribution in [3.8, 4) is 5.88 Å². The molecule has 1 heterocycles. The fraction of sp³-hybridized carbons (Fsp3) is 0.214. The van der Waals surface area contributed by atoms with E-state index in [9.17, 15) is 32.7 Å². The van der Waals surface area contributed by atoms with Crippen molar-refractivity contribution in [2.45, 2.75) is 6.18 Å². The second-order valence-electron chi connectivity index (χ2n) is 5.05. The Balaban J connectivity index is 2.49. The highest BCUT2D eigenvalue weighted by atomic mass is 35.5. The van der Waals surface area contributed by atoms with Crippen LogP contribution in [0.15, 0.2) is 27.8 Å². The van der Waals surface area contributed by atoms with Crippen LogP contribution in [0.25, 0.3) is 0 Å². The van der Waals surface area contributed by atoms with Crippen molar-refractivity contribution in [3.05, 3.63) is 55.2 Å². The molecule has 0 radical (unpaired) electrons. The first-order valence-corrected chi connectivity index (χ1v) is 7.00. The van der Waals surface area contributed by atoms with E-state index in [0.717, 1.165) is 26.2 Å². The monoisotopic (exact) mass is 377 g/mol. The van der Waals surface area contributed by atoms with Crippen LogP contribution in [0, 0.1) is 0 Å². The highest BCUT2D eigenvalue weighted by molar-refractivity contribution is 6.31. The Morgan fingerprint density at radius 1 is 1.20 bits per heavy atom. The third-order valence-electron chi connectivity index (χ3n) is 3.39.